The molecule has 0 aliphatic carbocycles. The normalized spacial score (nSPS) is 13.0. The van der Waals surface area contributed by atoms with Gasteiger partial charge < -0.3 is 9.47 Å². The summed E-state index contributed by atoms with van der Waals surface area (Å²) in [5.74, 6) is 0.159. The van der Waals surface area contributed by atoms with Gasteiger partial charge >= 0.3 is 0 Å². The van der Waals surface area contributed by atoms with Gasteiger partial charge in [0, 0.05) is 18.6 Å². The lowest BCUT2D eigenvalue weighted by Gasteiger charge is -2.33. The molecule has 2 nitrogen and oxygen atoms in total. The van der Waals surface area contributed by atoms with Crippen molar-refractivity contribution in [3.05, 3.63) is 59.4 Å². The zero-order valence-corrected chi connectivity index (χ0v) is 16.1. The van der Waals surface area contributed by atoms with Crippen LogP contribution < -0.4 is 0 Å². The van der Waals surface area contributed by atoms with E-state index in [2.05, 4.69) is 20.8 Å². The Labute approximate surface area is 154 Å². The summed E-state index contributed by atoms with van der Waals surface area (Å²) in [6.07, 6.45) is -0.208. The summed E-state index contributed by atoms with van der Waals surface area (Å²) >= 11 is 6.04. The van der Waals surface area contributed by atoms with Gasteiger partial charge in [-0.05, 0) is 28.2 Å². The zero-order valence-electron chi connectivity index (χ0n) is 15.3. The number of hydrogen-bond acceptors (Lipinski definition) is 2. The minimum atomic E-state index is -0.244. The van der Waals surface area contributed by atoms with E-state index < -0.39 is 0 Å². The van der Waals surface area contributed by atoms with Crippen molar-refractivity contribution in [1.82, 2.24) is 0 Å². The van der Waals surface area contributed by atoms with Crippen molar-refractivity contribution < 1.29 is 13.9 Å². The van der Waals surface area contributed by atoms with Gasteiger partial charge in [-0.25, -0.2) is 4.39 Å². The van der Waals surface area contributed by atoms with Crippen molar-refractivity contribution in [2.24, 2.45) is 5.41 Å². The van der Waals surface area contributed by atoms with E-state index in [0.717, 1.165) is 16.7 Å². The predicted octanol–water partition coefficient (Wildman–Crippen LogP) is 5.98. The van der Waals surface area contributed by atoms with Crippen LogP contribution in [0.25, 0.3) is 11.1 Å². The third kappa shape index (κ3) is 5.04. The van der Waals surface area contributed by atoms with Gasteiger partial charge in [0.25, 0.3) is 0 Å². The van der Waals surface area contributed by atoms with Crippen molar-refractivity contribution in [1.29, 1.82) is 0 Å². The molecule has 0 amide bonds. The van der Waals surface area contributed by atoms with Crippen LogP contribution in [-0.4, -0.2) is 20.3 Å². The third-order valence-electron chi connectivity index (χ3n) is 4.08. The summed E-state index contributed by atoms with van der Waals surface area (Å²) < 4.78 is 25.7. The molecule has 0 bridgehead atoms. The Bertz CT molecular complexity index is 695. The van der Waals surface area contributed by atoms with E-state index in [9.17, 15) is 4.39 Å². The lowest BCUT2D eigenvalue weighted by Crippen LogP contribution is -2.24. The molecule has 0 radical (unpaired) electrons. The van der Waals surface area contributed by atoms with Crippen LogP contribution in [0.5, 0.6) is 0 Å². The van der Waals surface area contributed by atoms with Crippen LogP contribution in [0.4, 0.5) is 4.39 Å². The minimum Gasteiger partial charge on any atom is -0.382 e. The number of methoxy groups -OCH3 is 1. The number of halogens is 2. The van der Waals surface area contributed by atoms with Crippen LogP contribution in [0.2, 0.25) is 0 Å². The van der Waals surface area contributed by atoms with Crippen molar-refractivity contribution in [2.45, 2.75) is 32.8 Å². The smallest absolute Gasteiger partial charge is 0.131 e. The van der Waals surface area contributed by atoms with E-state index in [1.165, 1.54) is 6.07 Å². The van der Waals surface area contributed by atoms with E-state index in [1.54, 1.807) is 19.2 Å². The van der Waals surface area contributed by atoms with Gasteiger partial charge in [-0.2, -0.15) is 0 Å². The lowest BCUT2D eigenvalue weighted by atomic mass is 9.81. The topological polar surface area (TPSA) is 18.5 Å². The number of hydrogen-bond donors (Lipinski definition) is 0. The Morgan fingerprint density at radius 3 is 2.36 bits per heavy atom. The van der Waals surface area contributed by atoms with E-state index in [-0.39, 0.29) is 17.3 Å². The van der Waals surface area contributed by atoms with Crippen molar-refractivity contribution in [3.8, 4) is 11.1 Å². The quantitative estimate of drug-likeness (QED) is 0.444. The average Bonchev–Trinajstić information content (AvgIpc) is 2.58. The highest BCUT2D eigenvalue weighted by Gasteiger charge is 2.30. The summed E-state index contributed by atoms with van der Waals surface area (Å²) in [4.78, 5) is 0. The Hall–Kier alpha value is -1.42. The molecule has 0 aliphatic rings. The summed E-state index contributed by atoms with van der Waals surface area (Å²) in [6.45, 7) is 7.33. The second kappa shape index (κ2) is 8.79. The van der Waals surface area contributed by atoms with Crippen LogP contribution in [-0.2, 0) is 15.4 Å². The minimum absolute atomic E-state index is 0.168. The molecule has 0 aromatic heterocycles. The average molecular weight is 365 g/mol. The lowest BCUT2D eigenvalue weighted by molar-refractivity contribution is -0.0390. The largest absolute Gasteiger partial charge is 0.382 e. The molecule has 0 N–H and O–H groups in total. The molecule has 136 valence electrons. The molecular formula is C21H26ClFO2. The Balaban J connectivity index is 2.56. The highest BCUT2D eigenvalue weighted by Crippen LogP contribution is 2.41. The molecule has 4 heteroatoms. The first-order valence-electron chi connectivity index (χ1n) is 8.42. The monoisotopic (exact) mass is 364 g/mol. The van der Waals surface area contributed by atoms with Crippen molar-refractivity contribution in [2.75, 3.05) is 20.3 Å². The zero-order chi connectivity index (χ0) is 18.4. The summed E-state index contributed by atoms with van der Waals surface area (Å²) in [5.41, 5.74) is 3.18. The molecule has 2 aromatic rings. The predicted molar refractivity (Wildman–Crippen MR) is 101 cm³/mol. The fourth-order valence-corrected chi connectivity index (χ4v) is 3.06. The first kappa shape index (κ1) is 19.9. The molecule has 0 aliphatic heterocycles. The second-order valence-electron chi connectivity index (χ2n) is 7.14. The van der Waals surface area contributed by atoms with Crippen LogP contribution in [0.3, 0.4) is 0 Å². The summed E-state index contributed by atoms with van der Waals surface area (Å²) in [5, 5.41) is 0. The molecule has 0 fully saturated rings. The Morgan fingerprint density at radius 2 is 1.76 bits per heavy atom. The van der Waals surface area contributed by atoms with Gasteiger partial charge in [-0.1, -0.05) is 57.2 Å². The Morgan fingerprint density at radius 1 is 1.04 bits per heavy atom. The van der Waals surface area contributed by atoms with E-state index >= 15 is 0 Å². The molecule has 1 atom stereocenters. The van der Waals surface area contributed by atoms with Crippen LogP contribution in [0.1, 0.15) is 38.0 Å². The maximum atomic E-state index is 14.4. The highest BCUT2D eigenvalue weighted by molar-refractivity contribution is 6.17. The van der Waals surface area contributed by atoms with Gasteiger partial charge in [0.15, 0.2) is 0 Å². The highest BCUT2D eigenvalue weighted by atomic mass is 35.5. The molecule has 2 rings (SSSR count). The molecule has 0 saturated carbocycles. The molecular weight excluding hydrogens is 339 g/mol. The fraction of sp³-hybridized carbons (Fsp3) is 0.429. The molecule has 25 heavy (non-hydrogen) atoms. The molecule has 2 aromatic carbocycles. The third-order valence-corrected chi connectivity index (χ3v) is 4.38. The van der Waals surface area contributed by atoms with E-state index in [1.807, 2.05) is 24.3 Å². The number of benzene rings is 2. The maximum Gasteiger partial charge on any atom is 0.131 e. The summed E-state index contributed by atoms with van der Waals surface area (Å²) in [7, 11) is 1.65. The van der Waals surface area contributed by atoms with Gasteiger partial charge in [-0.3, -0.25) is 0 Å². The maximum absolute atomic E-state index is 14.4. The first-order chi connectivity index (χ1) is 11.9. The molecule has 0 heterocycles. The van der Waals surface area contributed by atoms with Gasteiger partial charge in [0.05, 0.1) is 19.3 Å². The molecule has 0 spiro atoms. The molecule has 0 unspecified atom stereocenters. The van der Waals surface area contributed by atoms with Crippen LogP contribution in [0, 0.1) is 11.2 Å². The summed E-state index contributed by atoms with van der Waals surface area (Å²) in [6, 6.07) is 12.7. The molecule has 0 saturated heterocycles. The Kier molecular flexibility index (Phi) is 7.00. The van der Waals surface area contributed by atoms with Crippen molar-refractivity contribution >= 4 is 11.6 Å². The van der Waals surface area contributed by atoms with Gasteiger partial charge in [0.1, 0.15) is 5.82 Å². The fourth-order valence-electron chi connectivity index (χ4n) is 2.89. The van der Waals surface area contributed by atoms with E-state index in [0.29, 0.717) is 24.7 Å². The standard InChI is InChI=1S/C21H26ClFO2/c1-21(2,3)20(25-12-11-24-4)18-13-15(14-22)9-10-16(18)17-7-5-6-8-19(17)23/h5-10,13,20H,11-12,14H2,1-4H3/t20-/m1/s1. The van der Waals surface area contributed by atoms with Gasteiger partial charge in [-0.15, -0.1) is 11.6 Å². The van der Waals surface area contributed by atoms with Gasteiger partial charge in [0.2, 0.25) is 0 Å². The van der Waals surface area contributed by atoms with Crippen molar-refractivity contribution in [3.63, 3.8) is 0 Å². The van der Waals surface area contributed by atoms with Crippen LogP contribution >= 0.6 is 11.6 Å². The number of rotatable bonds is 7. The number of alkyl halides is 1. The first-order valence-corrected chi connectivity index (χ1v) is 8.96. The number of ether oxygens (including phenoxy) is 2. The van der Waals surface area contributed by atoms with Crippen LogP contribution in [0.15, 0.2) is 42.5 Å². The SMILES string of the molecule is COCCO[C@H](c1cc(CCl)ccc1-c1ccccc1F)C(C)(C)C. The van der Waals surface area contributed by atoms with E-state index in [4.69, 9.17) is 21.1 Å². The second-order valence-corrected chi connectivity index (χ2v) is 7.41.